The van der Waals surface area contributed by atoms with E-state index in [-0.39, 0.29) is 18.4 Å². The Hall–Kier alpha value is -3.09. The molecule has 0 saturated heterocycles. The molecule has 7 nitrogen and oxygen atoms in total. The summed E-state index contributed by atoms with van der Waals surface area (Å²) in [5, 5.41) is 13.4. The van der Waals surface area contributed by atoms with Gasteiger partial charge in [-0.1, -0.05) is 6.07 Å². The van der Waals surface area contributed by atoms with Gasteiger partial charge in [0, 0.05) is 24.2 Å². The van der Waals surface area contributed by atoms with Crippen molar-refractivity contribution in [3.8, 4) is 11.5 Å². The maximum atomic E-state index is 12.0. The number of amides is 1. The SMILES string of the molecule is O=C(NCCc1ccc2c(c1)OCO2)c1ccc([N+](=O)[O-])cc1. The first-order valence-electron chi connectivity index (χ1n) is 7.04. The third-order valence-corrected chi connectivity index (χ3v) is 3.48. The first-order valence-corrected chi connectivity index (χ1v) is 7.04. The van der Waals surface area contributed by atoms with Crippen LogP contribution in [0.5, 0.6) is 11.5 Å². The molecule has 0 saturated carbocycles. The van der Waals surface area contributed by atoms with E-state index < -0.39 is 4.92 Å². The number of ether oxygens (including phenoxy) is 2. The van der Waals surface area contributed by atoms with Crippen LogP contribution in [0.4, 0.5) is 5.69 Å². The van der Waals surface area contributed by atoms with E-state index in [9.17, 15) is 14.9 Å². The van der Waals surface area contributed by atoms with E-state index in [2.05, 4.69) is 5.32 Å². The van der Waals surface area contributed by atoms with Gasteiger partial charge in [0.1, 0.15) is 0 Å². The number of benzene rings is 2. The first-order chi connectivity index (χ1) is 11.1. The zero-order valence-electron chi connectivity index (χ0n) is 12.2. The predicted molar refractivity (Wildman–Crippen MR) is 81.7 cm³/mol. The van der Waals surface area contributed by atoms with Crippen LogP contribution in [0.15, 0.2) is 42.5 Å². The zero-order valence-corrected chi connectivity index (χ0v) is 12.2. The Morgan fingerprint density at radius 2 is 1.87 bits per heavy atom. The van der Waals surface area contributed by atoms with Gasteiger partial charge in [-0.25, -0.2) is 0 Å². The number of nitrogens with one attached hydrogen (secondary N) is 1. The van der Waals surface area contributed by atoms with Gasteiger partial charge in [0.05, 0.1) is 4.92 Å². The number of fused-ring (bicyclic) bond motifs is 1. The van der Waals surface area contributed by atoms with E-state index in [4.69, 9.17) is 9.47 Å². The molecule has 0 fully saturated rings. The highest BCUT2D eigenvalue weighted by Crippen LogP contribution is 2.32. The normalized spacial score (nSPS) is 12.0. The Labute approximate surface area is 132 Å². The molecule has 0 unspecified atom stereocenters. The lowest BCUT2D eigenvalue weighted by Gasteiger charge is -2.06. The molecule has 0 spiro atoms. The highest BCUT2D eigenvalue weighted by molar-refractivity contribution is 5.94. The van der Waals surface area contributed by atoms with E-state index in [1.165, 1.54) is 24.3 Å². The quantitative estimate of drug-likeness (QED) is 0.675. The summed E-state index contributed by atoms with van der Waals surface area (Å²) in [5.74, 6) is 1.17. The maximum absolute atomic E-state index is 12.0. The number of non-ortho nitro benzene ring substituents is 1. The molecular weight excluding hydrogens is 300 g/mol. The number of rotatable bonds is 5. The molecule has 0 radical (unpaired) electrons. The van der Waals surface area contributed by atoms with Gasteiger partial charge >= 0.3 is 0 Å². The summed E-state index contributed by atoms with van der Waals surface area (Å²) in [7, 11) is 0. The molecule has 7 heteroatoms. The average Bonchev–Trinajstić information content (AvgIpc) is 3.02. The van der Waals surface area contributed by atoms with Gasteiger partial charge in [-0.3, -0.25) is 14.9 Å². The van der Waals surface area contributed by atoms with Gasteiger partial charge in [0.2, 0.25) is 6.79 Å². The summed E-state index contributed by atoms with van der Waals surface area (Å²) in [4.78, 5) is 22.1. The molecular formula is C16H14N2O5. The fourth-order valence-corrected chi connectivity index (χ4v) is 2.25. The van der Waals surface area contributed by atoms with Crippen molar-refractivity contribution in [2.75, 3.05) is 13.3 Å². The first kappa shape index (κ1) is 14.8. The van der Waals surface area contributed by atoms with Crippen molar-refractivity contribution in [3.05, 3.63) is 63.7 Å². The molecule has 1 heterocycles. The van der Waals surface area contributed by atoms with Crippen molar-refractivity contribution < 1.29 is 19.2 Å². The Kier molecular flexibility index (Phi) is 4.09. The van der Waals surface area contributed by atoms with Crippen molar-refractivity contribution in [2.24, 2.45) is 0 Å². The van der Waals surface area contributed by atoms with Crippen molar-refractivity contribution in [1.29, 1.82) is 0 Å². The highest BCUT2D eigenvalue weighted by Gasteiger charge is 2.13. The monoisotopic (exact) mass is 314 g/mol. The second-order valence-electron chi connectivity index (χ2n) is 5.00. The molecule has 118 valence electrons. The van der Waals surface area contributed by atoms with Crippen LogP contribution in [-0.4, -0.2) is 24.2 Å². The van der Waals surface area contributed by atoms with E-state index >= 15 is 0 Å². The van der Waals surface area contributed by atoms with Gasteiger partial charge < -0.3 is 14.8 Å². The van der Waals surface area contributed by atoms with Crippen molar-refractivity contribution in [3.63, 3.8) is 0 Å². The minimum absolute atomic E-state index is 0.0399. The smallest absolute Gasteiger partial charge is 0.269 e. The lowest BCUT2D eigenvalue weighted by atomic mass is 10.1. The molecule has 1 N–H and O–H groups in total. The van der Waals surface area contributed by atoms with Crippen molar-refractivity contribution in [1.82, 2.24) is 5.32 Å². The third-order valence-electron chi connectivity index (χ3n) is 3.48. The Morgan fingerprint density at radius 1 is 1.13 bits per heavy atom. The number of carbonyl (C=O) groups excluding carboxylic acids is 1. The summed E-state index contributed by atoms with van der Waals surface area (Å²) in [5.41, 5.74) is 1.38. The Bertz CT molecular complexity index is 743. The summed E-state index contributed by atoms with van der Waals surface area (Å²) in [6, 6.07) is 11.2. The van der Waals surface area contributed by atoms with Gasteiger partial charge in [-0.15, -0.1) is 0 Å². The van der Waals surface area contributed by atoms with Crippen LogP contribution in [0.25, 0.3) is 0 Å². The van der Waals surface area contributed by atoms with Crippen LogP contribution in [0, 0.1) is 10.1 Å². The number of hydrogen-bond donors (Lipinski definition) is 1. The molecule has 2 aromatic carbocycles. The predicted octanol–water partition coefficient (Wildman–Crippen LogP) is 2.30. The van der Waals surface area contributed by atoms with Crippen molar-refractivity contribution >= 4 is 11.6 Å². The molecule has 1 aliphatic heterocycles. The van der Waals surface area contributed by atoms with Crippen LogP contribution < -0.4 is 14.8 Å². The second kappa shape index (κ2) is 6.35. The van der Waals surface area contributed by atoms with Crippen LogP contribution in [0.1, 0.15) is 15.9 Å². The Balaban J connectivity index is 1.54. The topological polar surface area (TPSA) is 90.7 Å². The van der Waals surface area contributed by atoms with Crippen LogP contribution in [-0.2, 0) is 6.42 Å². The van der Waals surface area contributed by atoms with Gasteiger partial charge in [0.25, 0.3) is 11.6 Å². The van der Waals surface area contributed by atoms with E-state index in [0.29, 0.717) is 24.3 Å². The number of nitro benzene ring substituents is 1. The molecule has 0 aromatic heterocycles. The molecule has 1 amide bonds. The minimum Gasteiger partial charge on any atom is -0.454 e. The van der Waals surface area contributed by atoms with Gasteiger partial charge in [-0.05, 0) is 36.2 Å². The van der Waals surface area contributed by atoms with Gasteiger partial charge in [0.15, 0.2) is 11.5 Å². The number of nitrogens with zero attached hydrogens (tertiary/aromatic N) is 1. The standard InChI is InChI=1S/C16H14N2O5/c19-16(12-2-4-13(5-3-12)18(20)21)17-8-7-11-1-6-14-15(9-11)23-10-22-14/h1-6,9H,7-8,10H2,(H,17,19). The molecule has 1 aliphatic rings. The fourth-order valence-electron chi connectivity index (χ4n) is 2.25. The molecule has 3 rings (SSSR count). The summed E-state index contributed by atoms with van der Waals surface area (Å²) in [6.45, 7) is 0.686. The van der Waals surface area contributed by atoms with Crippen molar-refractivity contribution in [2.45, 2.75) is 6.42 Å². The van der Waals surface area contributed by atoms with Crippen LogP contribution >= 0.6 is 0 Å². The number of carbonyl (C=O) groups is 1. The van der Waals surface area contributed by atoms with Gasteiger partial charge in [-0.2, -0.15) is 0 Å². The van der Waals surface area contributed by atoms with Crippen LogP contribution in [0.2, 0.25) is 0 Å². The summed E-state index contributed by atoms with van der Waals surface area (Å²) in [6.07, 6.45) is 0.648. The summed E-state index contributed by atoms with van der Waals surface area (Å²) >= 11 is 0. The Morgan fingerprint density at radius 3 is 2.61 bits per heavy atom. The maximum Gasteiger partial charge on any atom is 0.269 e. The zero-order chi connectivity index (χ0) is 16.2. The molecule has 0 aliphatic carbocycles. The molecule has 23 heavy (non-hydrogen) atoms. The fraction of sp³-hybridized carbons (Fsp3) is 0.188. The third kappa shape index (κ3) is 3.39. The number of nitro groups is 1. The lowest BCUT2D eigenvalue weighted by molar-refractivity contribution is -0.384. The van der Waals surface area contributed by atoms with E-state index in [0.717, 1.165) is 11.3 Å². The molecule has 2 aromatic rings. The lowest BCUT2D eigenvalue weighted by Crippen LogP contribution is -2.25. The molecule has 0 bridgehead atoms. The highest BCUT2D eigenvalue weighted by atomic mass is 16.7. The largest absolute Gasteiger partial charge is 0.454 e. The van der Waals surface area contributed by atoms with Crippen LogP contribution in [0.3, 0.4) is 0 Å². The summed E-state index contributed by atoms with van der Waals surface area (Å²) < 4.78 is 10.5. The van der Waals surface area contributed by atoms with E-state index in [1.807, 2.05) is 18.2 Å². The average molecular weight is 314 g/mol. The minimum atomic E-state index is -0.499. The molecule has 0 atom stereocenters. The second-order valence-corrected chi connectivity index (χ2v) is 5.00. The number of hydrogen-bond acceptors (Lipinski definition) is 5. The van der Waals surface area contributed by atoms with E-state index in [1.54, 1.807) is 0 Å².